The Kier molecular flexibility index (Phi) is 4.90. The molecule has 3 rings (SSSR count). The molecule has 2 aliphatic rings. The van der Waals surface area contributed by atoms with Crippen LogP contribution in [-0.4, -0.2) is 41.0 Å². The normalized spacial score (nSPS) is 29.6. The van der Waals surface area contributed by atoms with E-state index in [4.69, 9.17) is 4.74 Å². The summed E-state index contributed by atoms with van der Waals surface area (Å²) in [5.74, 6) is 0. The average molecular weight is 422 g/mol. The van der Waals surface area contributed by atoms with Crippen molar-refractivity contribution in [1.82, 2.24) is 4.90 Å². The third-order valence-corrected chi connectivity index (χ3v) is 11.3. The van der Waals surface area contributed by atoms with Crippen molar-refractivity contribution >= 4 is 22.0 Å². The third-order valence-electron chi connectivity index (χ3n) is 5.39. The molecule has 0 amide bonds. The van der Waals surface area contributed by atoms with Gasteiger partial charge in [0.25, 0.3) is 0 Å². The number of benzene rings is 1. The molecule has 1 aromatic carbocycles. The summed E-state index contributed by atoms with van der Waals surface area (Å²) in [7, 11) is 0. The number of rotatable bonds is 2. The van der Waals surface area contributed by atoms with Crippen LogP contribution in [0.1, 0.15) is 58.2 Å². The zero-order chi connectivity index (χ0) is 16.8. The van der Waals surface area contributed by atoms with E-state index < -0.39 is 18.4 Å². The van der Waals surface area contributed by atoms with Gasteiger partial charge in [0.2, 0.25) is 0 Å². The van der Waals surface area contributed by atoms with Gasteiger partial charge in [-0.15, -0.1) is 0 Å². The summed E-state index contributed by atoms with van der Waals surface area (Å²) < 4.78 is 8.31. The van der Waals surface area contributed by atoms with Crippen LogP contribution in [0.3, 0.4) is 0 Å². The molecule has 1 saturated heterocycles. The Balaban J connectivity index is 2.04. The van der Waals surface area contributed by atoms with Crippen LogP contribution in [0.15, 0.2) is 24.3 Å². The molecule has 3 atom stereocenters. The summed E-state index contributed by atoms with van der Waals surface area (Å²) in [5, 5.41) is 0. The molecule has 1 saturated carbocycles. The molecule has 0 unspecified atom stereocenters. The maximum absolute atomic E-state index is 6.69. The van der Waals surface area contributed by atoms with Gasteiger partial charge in [-0.25, -0.2) is 0 Å². The van der Waals surface area contributed by atoms with E-state index in [9.17, 15) is 0 Å². The van der Waals surface area contributed by atoms with E-state index >= 15 is 0 Å². The average Bonchev–Trinajstić information content (AvgIpc) is 2.85. The van der Waals surface area contributed by atoms with Crippen molar-refractivity contribution in [3.63, 3.8) is 0 Å². The predicted octanol–water partition coefficient (Wildman–Crippen LogP) is 4.67. The van der Waals surface area contributed by atoms with E-state index in [0.29, 0.717) is 12.1 Å². The molecule has 1 aromatic rings. The first-order valence-electron chi connectivity index (χ1n) is 9.23. The second kappa shape index (κ2) is 6.34. The monoisotopic (exact) mass is 423 g/mol. The molecule has 1 aliphatic carbocycles. The maximum atomic E-state index is 6.69. The van der Waals surface area contributed by atoms with Gasteiger partial charge in [0.05, 0.1) is 0 Å². The predicted molar refractivity (Wildman–Crippen MR) is 101 cm³/mol. The Morgan fingerprint density at radius 3 is 2.35 bits per heavy atom. The van der Waals surface area contributed by atoms with Crippen molar-refractivity contribution in [2.75, 3.05) is 0 Å². The first-order valence-corrected chi connectivity index (χ1v) is 19.2. The van der Waals surface area contributed by atoms with Crippen LogP contribution in [0.4, 0.5) is 0 Å². The van der Waals surface area contributed by atoms with Crippen molar-refractivity contribution in [3.8, 4) is 0 Å². The van der Waals surface area contributed by atoms with E-state index in [1.165, 1.54) is 31.2 Å². The molecular weight excluding hydrogens is 389 g/mol. The van der Waals surface area contributed by atoms with Crippen molar-refractivity contribution in [3.05, 3.63) is 29.8 Å². The second-order valence-electron chi connectivity index (χ2n) is 9.29. The molecule has 2 nitrogen and oxygen atoms in total. The van der Waals surface area contributed by atoms with Crippen LogP contribution in [0.2, 0.25) is 14.8 Å². The number of nitrogens with zero attached hydrogens (tertiary/aromatic N) is 1. The Bertz CT molecular complexity index is 557. The minimum atomic E-state index is -2.17. The molecule has 3 heteroatoms. The molecule has 0 spiro atoms. The van der Waals surface area contributed by atoms with E-state index in [2.05, 4.69) is 64.8 Å². The minimum absolute atomic E-state index is 0.141. The zero-order valence-electron chi connectivity index (χ0n) is 15.7. The van der Waals surface area contributed by atoms with E-state index in [1.54, 1.807) is 3.58 Å². The first kappa shape index (κ1) is 17.8. The topological polar surface area (TPSA) is 12.5 Å². The van der Waals surface area contributed by atoms with Crippen LogP contribution < -0.4 is 3.58 Å². The van der Waals surface area contributed by atoms with Gasteiger partial charge in [-0.3, -0.25) is 0 Å². The fourth-order valence-corrected chi connectivity index (χ4v) is 9.19. The van der Waals surface area contributed by atoms with Crippen molar-refractivity contribution in [1.29, 1.82) is 0 Å². The van der Waals surface area contributed by atoms with E-state index in [0.717, 1.165) is 0 Å². The van der Waals surface area contributed by atoms with Crippen molar-refractivity contribution in [2.24, 2.45) is 0 Å². The zero-order valence-corrected chi connectivity index (χ0v) is 18.6. The van der Waals surface area contributed by atoms with Gasteiger partial charge >= 0.3 is 147 Å². The quantitative estimate of drug-likeness (QED) is 0.643. The van der Waals surface area contributed by atoms with E-state index in [-0.39, 0.29) is 11.8 Å². The van der Waals surface area contributed by atoms with Crippen LogP contribution >= 0.6 is 0 Å². The Labute approximate surface area is 146 Å². The molecular formula is C20H33NOSn. The van der Waals surface area contributed by atoms with Gasteiger partial charge in [0.1, 0.15) is 0 Å². The van der Waals surface area contributed by atoms with Crippen LogP contribution in [0.25, 0.3) is 0 Å². The van der Waals surface area contributed by atoms with Gasteiger partial charge in [0.15, 0.2) is 0 Å². The summed E-state index contributed by atoms with van der Waals surface area (Å²) >= 11 is -2.17. The fraction of sp³-hybridized carbons (Fsp3) is 0.700. The molecule has 1 aliphatic heterocycles. The molecule has 0 aromatic heterocycles. The Morgan fingerprint density at radius 1 is 1.04 bits per heavy atom. The molecule has 1 heterocycles. The SMILES string of the molecule is CC(C)(C)N1[C@@H]2CCCC[C@H]2O[C@H]1c1cccc[c]1[Sn]([CH3])([CH3])[CH3]. The standard InChI is InChI=1S/C17H24NO.3CH3.Sn/c1-17(2,3)18-14-11-7-8-12-15(14)19-16(18)13-9-5-4-6-10-13;;;;/h4-6,9,14-16H,7-8,11-12H2,1-3H3;3*1H3;/t14-,15-,16+;;;;/m1..../s1. The molecule has 128 valence electrons. The van der Waals surface area contributed by atoms with Crippen LogP contribution in [0.5, 0.6) is 0 Å². The Morgan fingerprint density at radius 2 is 1.70 bits per heavy atom. The number of fused-ring (bicyclic) bond motifs is 1. The summed E-state index contributed by atoms with van der Waals surface area (Å²) in [6, 6.07) is 9.71. The van der Waals surface area contributed by atoms with Gasteiger partial charge in [-0.2, -0.15) is 0 Å². The molecule has 0 radical (unpaired) electrons. The van der Waals surface area contributed by atoms with Crippen LogP contribution in [-0.2, 0) is 4.74 Å². The second-order valence-corrected chi connectivity index (χ2v) is 23.7. The molecule has 2 fully saturated rings. The summed E-state index contributed by atoms with van der Waals surface area (Å²) in [6.45, 7) is 7.05. The fourth-order valence-electron chi connectivity index (χ4n) is 4.43. The van der Waals surface area contributed by atoms with Gasteiger partial charge in [0, 0.05) is 0 Å². The third kappa shape index (κ3) is 3.50. The summed E-state index contributed by atoms with van der Waals surface area (Å²) in [5.41, 5.74) is 1.60. The Hall–Kier alpha value is -0.0613. The van der Waals surface area contributed by atoms with Gasteiger partial charge in [-0.1, -0.05) is 0 Å². The van der Waals surface area contributed by atoms with Gasteiger partial charge in [-0.05, 0) is 0 Å². The summed E-state index contributed by atoms with van der Waals surface area (Å²) in [6.07, 6.45) is 5.77. The number of hydrogen-bond donors (Lipinski definition) is 0. The van der Waals surface area contributed by atoms with Crippen molar-refractivity contribution in [2.45, 2.75) is 85.2 Å². The summed E-state index contributed by atoms with van der Waals surface area (Å²) in [4.78, 5) is 10.2. The number of hydrogen-bond acceptors (Lipinski definition) is 2. The molecule has 23 heavy (non-hydrogen) atoms. The van der Waals surface area contributed by atoms with Crippen LogP contribution in [0, 0.1) is 0 Å². The van der Waals surface area contributed by atoms with Gasteiger partial charge < -0.3 is 0 Å². The molecule has 0 N–H and O–H groups in total. The first-order chi connectivity index (χ1) is 10.7. The number of ether oxygens (including phenoxy) is 1. The van der Waals surface area contributed by atoms with Crippen molar-refractivity contribution < 1.29 is 4.74 Å². The molecule has 0 bridgehead atoms. The van der Waals surface area contributed by atoms with E-state index in [1.807, 2.05) is 0 Å².